The van der Waals surface area contributed by atoms with Crippen molar-refractivity contribution in [2.45, 2.75) is 13.8 Å². The molecule has 0 aliphatic rings. The molecule has 0 aliphatic carbocycles. The van der Waals surface area contributed by atoms with Gasteiger partial charge >= 0.3 is 0 Å². The third-order valence-corrected chi connectivity index (χ3v) is 2.46. The molecule has 0 saturated heterocycles. The zero-order valence-electron chi connectivity index (χ0n) is 9.53. The summed E-state index contributed by atoms with van der Waals surface area (Å²) in [6.45, 7) is 3.86. The molecule has 0 spiro atoms. The molecule has 1 heterocycles. The lowest BCUT2D eigenvalue weighted by atomic mass is 10.1. The van der Waals surface area contributed by atoms with Crippen molar-refractivity contribution in [1.29, 1.82) is 0 Å². The van der Waals surface area contributed by atoms with E-state index in [1.807, 2.05) is 19.9 Å². The van der Waals surface area contributed by atoms with E-state index in [1.54, 1.807) is 12.1 Å². The number of aromatic nitrogens is 2. The molecule has 4 heteroatoms. The van der Waals surface area contributed by atoms with Gasteiger partial charge in [-0.15, -0.1) is 0 Å². The van der Waals surface area contributed by atoms with E-state index in [1.165, 1.54) is 7.11 Å². The lowest BCUT2D eigenvalue weighted by Gasteiger charge is -2.05. The van der Waals surface area contributed by atoms with Crippen LogP contribution in [-0.2, 0) is 0 Å². The van der Waals surface area contributed by atoms with Gasteiger partial charge in [0.25, 0.3) is 0 Å². The van der Waals surface area contributed by atoms with Gasteiger partial charge in [0, 0.05) is 11.3 Å². The van der Waals surface area contributed by atoms with Gasteiger partial charge in [-0.05, 0) is 32.0 Å². The first-order valence-electron chi connectivity index (χ1n) is 5.02. The maximum absolute atomic E-state index is 9.69. The predicted octanol–water partition coefficient (Wildman–Crippen LogP) is 2.41. The summed E-state index contributed by atoms with van der Waals surface area (Å²) in [7, 11) is 1.53. The van der Waals surface area contributed by atoms with Crippen molar-refractivity contribution in [2.24, 2.45) is 0 Å². The number of phenolic OH excluding ortho intramolecular Hbond substituents is 1. The van der Waals surface area contributed by atoms with Crippen LogP contribution in [0, 0.1) is 13.8 Å². The Morgan fingerprint density at radius 1 is 1.31 bits per heavy atom. The van der Waals surface area contributed by atoms with E-state index >= 15 is 0 Å². The number of imidazole rings is 1. The van der Waals surface area contributed by atoms with Gasteiger partial charge in [-0.2, -0.15) is 0 Å². The molecule has 2 rings (SSSR count). The van der Waals surface area contributed by atoms with Gasteiger partial charge < -0.3 is 14.8 Å². The number of nitrogens with one attached hydrogen (secondary N) is 1. The fraction of sp³-hybridized carbons (Fsp3) is 0.250. The zero-order valence-corrected chi connectivity index (χ0v) is 9.53. The number of hydrogen-bond acceptors (Lipinski definition) is 3. The fourth-order valence-corrected chi connectivity index (χ4v) is 1.73. The number of aryl methyl sites for hydroxylation is 2. The standard InChI is InChI=1S/C12H14N2O2/c1-7-12(14-8(2)13-7)9-4-5-11(16-3)10(15)6-9/h4-6,15H,1-3H3,(H,13,14). The van der Waals surface area contributed by atoms with Gasteiger partial charge in [-0.1, -0.05) is 0 Å². The van der Waals surface area contributed by atoms with Gasteiger partial charge in [0.15, 0.2) is 11.5 Å². The highest BCUT2D eigenvalue weighted by Gasteiger charge is 2.09. The molecule has 4 nitrogen and oxygen atoms in total. The quantitative estimate of drug-likeness (QED) is 0.813. The van der Waals surface area contributed by atoms with Crippen LogP contribution < -0.4 is 4.74 Å². The number of methoxy groups -OCH3 is 1. The van der Waals surface area contributed by atoms with E-state index in [-0.39, 0.29) is 5.75 Å². The number of nitrogens with zero attached hydrogens (tertiary/aromatic N) is 1. The van der Waals surface area contributed by atoms with Crippen molar-refractivity contribution in [1.82, 2.24) is 9.97 Å². The number of ether oxygens (including phenoxy) is 1. The fourth-order valence-electron chi connectivity index (χ4n) is 1.73. The molecule has 16 heavy (non-hydrogen) atoms. The Hall–Kier alpha value is -1.97. The SMILES string of the molecule is COc1ccc(-c2nc(C)[nH]c2C)cc1O. The molecule has 0 aliphatic heterocycles. The summed E-state index contributed by atoms with van der Waals surface area (Å²) in [6.07, 6.45) is 0. The minimum atomic E-state index is 0.125. The average molecular weight is 218 g/mol. The Balaban J connectivity index is 2.49. The second kappa shape index (κ2) is 3.89. The van der Waals surface area contributed by atoms with Crippen LogP contribution in [0.25, 0.3) is 11.3 Å². The number of rotatable bonds is 2. The molecule has 0 saturated carbocycles. The molecular weight excluding hydrogens is 204 g/mol. The number of aromatic hydroxyl groups is 1. The van der Waals surface area contributed by atoms with Crippen LogP contribution in [0.2, 0.25) is 0 Å². The summed E-state index contributed by atoms with van der Waals surface area (Å²) >= 11 is 0. The molecule has 0 amide bonds. The summed E-state index contributed by atoms with van der Waals surface area (Å²) in [5.41, 5.74) is 2.72. The monoisotopic (exact) mass is 218 g/mol. The van der Waals surface area contributed by atoms with Gasteiger partial charge in [0.1, 0.15) is 5.82 Å². The summed E-state index contributed by atoms with van der Waals surface area (Å²) in [5, 5.41) is 9.69. The molecule has 2 aromatic rings. The number of H-pyrrole nitrogens is 1. The molecule has 0 radical (unpaired) electrons. The van der Waals surface area contributed by atoms with Crippen molar-refractivity contribution in [3.63, 3.8) is 0 Å². The van der Waals surface area contributed by atoms with Gasteiger partial charge in [-0.25, -0.2) is 4.98 Å². The number of phenols is 1. The first-order chi connectivity index (χ1) is 7.61. The van der Waals surface area contributed by atoms with Crippen LogP contribution in [0.1, 0.15) is 11.5 Å². The van der Waals surface area contributed by atoms with Crippen LogP contribution in [-0.4, -0.2) is 22.2 Å². The molecule has 0 atom stereocenters. The Labute approximate surface area is 93.9 Å². The smallest absolute Gasteiger partial charge is 0.160 e. The van der Waals surface area contributed by atoms with Crippen LogP contribution in [0.5, 0.6) is 11.5 Å². The molecule has 84 valence electrons. The maximum atomic E-state index is 9.69. The second-order valence-electron chi connectivity index (χ2n) is 3.68. The van der Waals surface area contributed by atoms with Crippen molar-refractivity contribution in [2.75, 3.05) is 7.11 Å². The van der Waals surface area contributed by atoms with E-state index in [0.717, 1.165) is 22.8 Å². The van der Waals surface area contributed by atoms with Crippen molar-refractivity contribution < 1.29 is 9.84 Å². The van der Waals surface area contributed by atoms with Crippen molar-refractivity contribution in [3.8, 4) is 22.8 Å². The lowest BCUT2D eigenvalue weighted by molar-refractivity contribution is 0.373. The average Bonchev–Trinajstić information content (AvgIpc) is 2.58. The molecule has 1 aromatic heterocycles. The van der Waals surface area contributed by atoms with Gasteiger partial charge in [-0.3, -0.25) is 0 Å². The predicted molar refractivity (Wildman–Crippen MR) is 61.7 cm³/mol. The largest absolute Gasteiger partial charge is 0.504 e. The topological polar surface area (TPSA) is 58.1 Å². The number of aromatic amines is 1. The van der Waals surface area contributed by atoms with Crippen molar-refractivity contribution in [3.05, 3.63) is 29.7 Å². The minimum absolute atomic E-state index is 0.125. The summed E-state index contributed by atoms with van der Waals surface area (Å²) in [4.78, 5) is 7.50. The lowest BCUT2D eigenvalue weighted by Crippen LogP contribution is -1.86. The van der Waals surface area contributed by atoms with E-state index < -0.39 is 0 Å². The van der Waals surface area contributed by atoms with Crippen LogP contribution in [0.15, 0.2) is 18.2 Å². The van der Waals surface area contributed by atoms with Gasteiger partial charge in [0.2, 0.25) is 0 Å². The number of benzene rings is 1. The maximum Gasteiger partial charge on any atom is 0.160 e. The summed E-state index contributed by atoms with van der Waals surface area (Å²) < 4.78 is 4.99. The van der Waals surface area contributed by atoms with Crippen LogP contribution >= 0.6 is 0 Å². The molecule has 0 bridgehead atoms. The molecule has 0 unspecified atom stereocenters. The highest BCUT2D eigenvalue weighted by atomic mass is 16.5. The van der Waals surface area contributed by atoms with E-state index in [9.17, 15) is 5.11 Å². The second-order valence-corrected chi connectivity index (χ2v) is 3.68. The minimum Gasteiger partial charge on any atom is -0.504 e. The normalized spacial score (nSPS) is 10.4. The molecule has 0 fully saturated rings. The van der Waals surface area contributed by atoms with Crippen LogP contribution in [0.3, 0.4) is 0 Å². The third-order valence-electron chi connectivity index (χ3n) is 2.46. The molecule has 2 N–H and O–H groups in total. The Bertz CT molecular complexity index is 518. The van der Waals surface area contributed by atoms with E-state index in [2.05, 4.69) is 9.97 Å². The molecule has 1 aromatic carbocycles. The summed E-state index contributed by atoms with van der Waals surface area (Å²) in [5.74, 6) is 1.46. The third kappa shape index (κ3) is 1.74. The highest BCUT2D eigenvalue weighted by molar-refractivity contribution is 5.65. The zero-order chi connectivity index (χ0) is 11.7. The van der Waals surface area contributed by atoms with Crippen LogP contribution in [0.4, 0.5) is 0 Å². The first-order valence-corrected chi connectivity index (χ1v) is 5.02. The van der Waals surface area contributed by atoms with E-state index in [4.69, 9.17) is 4.74 Å². The highest BCUT2D eigenvalue weighted by Crippen LogP contribution is 2.31. The Kier molecular flexibility index (Phi) is 2.56. The van der Waals surface area contributed by atoms with E-state index in [0.29, 0.717) is 5.75 Å². The first kappa shape index (κ1) is 10.5. The summed E-state index contributed by atoms with van der Waals surface area (Å²) in [6, 6.07) is 5.26. The number of hydrogen-bond donors (Lipinski definition) is 2. The Morgan fingerprint density at radius 2 is 2.06 bits per heavy atom. The van der Waals surface area contributed by atoms with Gasteiger partial charge in [0.05, 0.1) is 12.8 Å². The molecular formula is C12H14N2O2. The van der Waals surface area contributed by atoms with Crippen molar-refractivity contribution >= 4 is 0 Å². The Morgan fingerprint density at radius 3 is 2.56 bits per heavy atom.